The first-order valence-electron chi connectivity index (χ1n) is 6.17. The minimum atomic E-state index is -0.169. The largest absolute Gasteiger partial charge is 0.392 e. The zero-order valence-electron chi connectivity index (χ0n) is 10.1. The second-order valence-electron chi connectivity index (χ2n) is 4.80. The van der Waals surface area contributed by atoms with Gasteiger partial charge in [-0.05, 0) is 30.5 Å². The summed E-state index contributed by atoms with van der Waals surface area (Å²) >= 11 is 9.56. The molecular formula is C13H18BrClN2O. The molecule has 0 aliphatic carbocycles. The van der Waals surface area contributed by atoms with Crippen molar-refractivity contribution in [3.63, 3.8) is 0 Å². The fourth-order valence-corrected chi connectivity index (χ4v) is 3.11. The standard InChI is InChI=1S/C13H18BrClN2O/c14-9-1-2-11(12(15)7-9)13(16)4-6-17-5-3-10(18)8-17/h1-2,7,10,13,18H,3-6,8,16H2. The number of benzene rings is 1. The van der Waals surface area contributed by atoms with E-state index in [4.69, 9.17) is 17.3 Å². The Morgan fingerprint density at radius 1 is 1.56 bits per heavy atom. The molecule has 1 aliphatic rings. The van der Waals surface area contributed by atoms with E-state index in [2.05, 4.69) is 20.8 Å². The number of hydrogen-bond acceptors (Lipinski definition) is 3. The van der Waals surface area contributed by atoms with Gasteiger partial charge >= 0.3 is 0 Å². The first-order valence-corrected chi connectivity index (χ1v) is 7.34. The van der Waals surface area contributed by atoms with Gasteiger partial charge in [-0.3, -0.25) is 0 Å². The van der Waals surface area contributed by atoms with Crippen molar-refractivity contribution < 1.29 is 5.11 Å². The minimum Gasteiger partial charge on any atom is -0.392 e. The van der Waals surface area contributed by atoms with Gasteiger partial charge in [-0.25, -0.2) is 0 Å². The molecule has 3 nitrogen and oxygen atoms in total. The highest BCUT2D eigenvalue weighted by atomic mass is 79.9. The molecule has 2 unspecified atom stereocenters. The van der Waals surface area contributed by atoms with Crippen molar-refractivity contribution in [3.05, 3.63) is 33.3 Å². The molecule has 0 saturated carbocycles. The van der Waals surface area contributed by atoms with Gasteiger partial charge in [0.05, 0.1) is 6.10 Å². The summed E-state index contributed by atoms with van der Waals surface area (Å²) in [6.45, 7) is 2.63. The number of hydrogen-bond donors (Lipinski definition) is 2. The summed E-state index contributed by atoms with van der Waals surface area (Å²) in [5, 5.41) is 10.2. The summed E-state index contributed by atoms with van der Waals surface area (Å²) < 4.78 is 0.964. The lowest BCUT2D eigenvalue weighted by Crippen LogP contribution is -2.26. The Kier molecular flexibility index (Phi) is 5.04. The van der Waals surface area contributed by atoms with Gasteiger partial charge in [0.1, 0.15) is 0 Å². The van der Waals surface area contributed by atoms with Crippen molar-refractivity contribution in [1.82, 2.24) is 4.90 Å². The van der Waals surface area contributed by atoms with Crippen LogP contribution >= 0.6 is 27.5 Å². The third-order valence-electron chi connectivity index (χ3n) is 3.37. The molecule has 1 fully saturated rings. The highest BCUT2D eigenvalue weighted by Crippen LogP contribution is 2.27. The molecule has 1 aromatic rings. The molecule has 0 radical (unpaired) electrons. The highest BCUT2D eigenvalue weighted by Gasteiger charge is 2.20. The maximum Gasteiger partial charge on any atom is 0.0679 e. The third-order valence-corrected chi connectivity index (χ3v) is 4.19. The lowest BCUT2D eigenvalue weighted by atomic mass is 10.0. The lowest BCUT2D eigenvalue weighted by molar-refractivity contribution is 0.175. The van der Waals surface area contributed by atoms with Gasteiger partial charge in [0.2, 0.25) is 0 Å². The van der Waals surface area contributed by atoms with Crippen LogP contribution in [0.5, 0.6) is 0 Å². The highest BCUT2D eigenvalue weighted by molar-refractivity contribution is 9.10. The predicted octanol–water partition coefficient (Wildman–Crippen LogP) is 2.56. The van der Waals surface area contributed by atoms with Crippen LogP contribution in [-0.2, 0) is 0 Å². The molecule has 2 rings (SSSR count). The van der Waals surface area contributed by atoms with Crippen molar-refractivity contribution >= 4 is 27.5 Å². The molecule has 0 amide bonds. The van der Waals surface area contributed by atoms with E-state index in [1.54, 1.807) is 0 Å². The topological polar surface area (TPSA) is 49.5 Å². The Bertz CT molecular complexity index is 416. The van der Waals surface area contributed by atoms with Crippen LogP contribution in [0.3, 0.4) is 0 Å². The zero-order chi connectivity index (χ0) is 13.1. The van der Waals surface area contributed by atoms with Gasteiger partial charge in [-0.15, -0.1) is 0 Å². The second kappa shape index (κ2) is 6.35. The van der Waals surface area contributed by atoms with Crippen LogP contribution in [0.4, 0.5) is 0 Å². The van der Waals surface area contributed by atoms with E-state index in [1.165, 1.54) is 0 Å². The number of rotatable bonds is 4. The molecule has 0 bridgehead atoms. The molecule has 100 valence electrons. The van der Waals surface area contributed by atoms with Crippen molar-refractivity contribution in [2.24, 2.45) is 5.73 Å². The molecule has 0 aromatic heterocycles. The summed E-state index contributed by atoms with van der Waals surface area (Å²) in [6, 6.07) is 5.75. The number of aliphatic hydroxyl groups excluding tert-OH is 1. The molecule has 5 heteroatoms. The number of nitrogens with zero attached hydrogens (tertiary/aromatic N) is 1. The number of nitrogens with two attached hydrogens (primary N) is 1. The first-order chi connectivity index (χ1) is 8.56. The van der Waals surface area contributed by atoms with Crippen molar-refractivity contribution in [1.29, 1.82) is 0 Å². The zero-order valence-corrected chi connectivity index (χ0v) is 12.5. The van der Waals surface area contributed by atoms with E-state index in [-0.39, 0.29) is 12.1 Å². The summed E-state index contributed by atoms with van der Waals surface area (Å²) in [7, 11) is 0. The predicted molar refractivity (Wildman–Crippen MR) is 77.8 cm³/mol. The van der Waals surface area contributed by atoms with Crippen molar-refractivity contribution in [3.8, 4) is 0 Å². The van der Waals surface area contributed by atoms with E-state index in [9.17, 15) is 5.11 Å². The van der Waals surface area contributed by atoms with Crippen LogP contribution in [0.1, 0.15) is 24.4 Å². The molecule has 1 saturated heterocycles. The monoisotopic (exact) mass is 332 g/mol. The Hall–Kier alpha value is -0.130. The molecule has 1 heterocycles. The molecule has 0 spiro atoms. The molecule has 18 heavy (non-hydrogen) atoms. The summed E-state index contributed by atoms with van der Waals surface area (Å²) in [5.41, 5.74) is 7.16. The third kappa shape index (κ3) is 3.68. The molecule has 1 aromatic carbocycles. The maximum atomic E-state index is 9.46. The lowest BCUT2D eigenvalue weighted by Gasteiger charge is -2.19. The van der Waals surface area contributed by atoms with Crippen molar-refractivity contribution in [2.45, 2.75) is 25.0 Å². The van der Waals surface area contributed by atoms with Crippen LogP contribution in [0, 0.1) is 0 Å². The van der Waals surface area contributed by atoms with Crippen molar-refractivity contribution in [2.75, 3.05) is 19.6 Å². The van der Waals surface area contributed by atoms with Gasteiger partial charge in [0, 0.05) is 35.2 Å². The average molecular weight is 334 g/mol. The first kappa shape index (κ1) is 14.3. The molecule has 2 atom stereocenters. The van der Waals surface area contributed by atoms with Crippen LogP contribution in [-0.4, -0.2) is 35.7 Å². The summed E-state index contributed by atoms with van der Waals surface area (Å²) in [4.78, 5) is 2.25. The van der Waals surface area contributed by atoms with Gasteiger partial charge in [-0.1, -0.05) is 33.6 Å². The average Bonchev–Trinajstić information content (AvgIpc) is 2.72. The van der Waals surface area contributed by atoms with E-state index >= 15 is 0 Å². The van der Waals surface area contributed by atoms with Crippen LogP contribution in [0.15, 0.2) is 22.7 Å². The number of halogens is 2. The van der Waals surface area contributed by atoms with E-state index in [1.807, 2.05) is 18.2 Å². The molecular weight excluding hydrogens is 316 g/mol. The molecule has 3 N–H and O–H groups in total. The Morgan fingerprint density at radius 2 is 2.33 bits per heavy atom. The van der Waals surface area contributed by atoms with Crippen LogP contribution < -0.4 is 5.73 Å². The summed E-state index contributed by atoms with van der Waals surface area (Å²) in [5.74, 6) is 0. The maximum absolute atomic E-state index is 9.46. The van der Waals surface area contributed by atoms with Gasteiger partial charge in [-0.2, -0.15) is 0 Å². The smallest absolute Gasteiger partial charge is 0.0679 e. The van der Waals surface area contributed by atoms with Gasteiger partial charge in [0.15, 0.2) is 0 Å². The van der Waals surface area contributed by atoms with E-state index < -0.39 is 0 Å². The van der Waals surface area contributed by atoms with E-state index in [0.29, 0.717) is 5.02 Å². The Balaban J connectivity index is 1.89. The van der Waals surface area contributed by atoms with E-state index in [0.717, 1.165) is 42.5 Å². The Morgan fingerprint density at radius 3 is 2.94 bits per heavy atom. The fraction of sp³-hybridized carbons (Fsp3) is 0.538. The number of β-amino-alcohol motifs (C(OH)–C–C–N with tert-alkyl or cyclic N) is 1. The Labute approximate surface area is 121 Å². The van der Waals surface area contributed by atoms with Crippen LogP contribution in [0.25, 0.3) is 0 Å². The second-order valence-corrected chi connectivity index (χ2v) is 6.13. The minimum absolute atomic E-state index is 0.0525. The summed E-state index contributed by atoms with van der Waals surface area (Å²) in [6.07, 6.45) is 1.56. The SMILES string of the molecule is NC(CCN1CCC(O)C1)c1ccc(Br)cc1Cl. The fourth-order valence-electron chi connectivity index (χ4n) is 2.29. The van der Waals surface area contributed by atoms with Gasteiger partial charge in [0.25, 0.3) is 0 Å². The quantitative estimate of drug-likeness (QED) is 0.890. The van der Waals surface area contributed by atoms with Gasteiger partial charge < -0.3 is 15.7 Å². The number of aliphatic hydroxyl groups is 1. The molecule has 1 aliphatic heterocycles. The van der Waals surface area contributed by atoms with Crippen LogP contribution in [0.2, 0.25) is 5.02 Å². The number of likely N-dealkylation sites (tertiary alicyclic amines) is 1. The normalized spacial score (nSPS) is 22.3.